The normalized spacial score (nSPS) is 17.6. The number of halogens is 1. The minimum Gasteiger partial charge on any atom is -0.507 e. The van der Waals surface area contributed by atoms with Crippen LogP contribution in [0.3, 0.4) is 0 Å². The molecule has 1 aliphatic heterocycles. The second-order valence-corrected chi connectivity index (χ2v) is 7.78. The summed E-state index contributed by atoms with van der Waals surface area (Å²) in [5.74, 6) is -2.27. The van der Waals surface area contributed by atoms with Crippen LogP contribution in [0.2, 0.25) is 0 Å². The smallest absolute Gasteiger partial charge is 0.295 e. The molecule has 3 aromatic rings. The van der Waals surface area contributed by atoms with Gasteiger partial charge in [-0.1, -0.05) is 12.1 Å². The number of likely N-dealkylation sites (tertiary alicyclic amines) is 1. The molecular formula is C25H22FN3O3. The molecule has 2 heterocycles. The van der Waals surface area contributed by atoms with Gasteiger partial charge in [0, 0.05) is 44.3 Å². The Kier molecular flexibility index (Phi) is 5.73. The van der Waals surface area contributed by atoms with Gasteiger partial charge in [0.15, 0.2) is 0 Å². The van der Waals surface area contributed by atoms with Crippen LogP contribution in [0.5, 0.6) is 0 Å². The molecule has 1 atom stereocenters. The molecule has 162 valence electrons. The number of carbonyl (C=O) groups excluding carboxylic acids is 2. The number of ketones is 1. The molecule has 1 amide bonds. The standard InChI is InChI=1S/C25H22FN3O3/c1-28(2)20-9-5-17(6-10-20)22-21(23(30)18-3-7-19(26)8-4-18)24(31)25(32)29(22)15-16-11-13-27-14-12-16/h3-14,22,30H,15H2,1-2H3/b23-21-. The highest BCUT2D eigenvalue weighted by Crippen LogP contribution is 2.40. The number of anilines is 1. The van der Waals surface area contributed by atoms with Crippen molar-refractivity contribution in [3.05, 3.63) is 101 Å². The van der Waals surface area contributed by atoms with E-state index in [-0.39, 0.29) is 23.4 Å². The summed E-state index contributed by atoms with van der Waals surface area (Å²) in [6, 6.07) is 15.4. The van der Waals surface area contributed by atoms with Crippen LogP contribution in [0, 0.1) is 5.82 Å². The van der Waals surface area contributed by atoms with E-state index in [4.69, 9.17) is 0 Å². The van der Waals surface area contributed by atoms with Gasteiger partial charge in [0.1, 0.15) is 11.6 Å². The van der Waals surface area contributed by atoms with Crippen LogP contribution in [-0.2, 0) is 16.1 Å². The predicted molar refractivity (Wildman–Crippen MR) is 119 cm³/mol. The van der Waals surface area contributed by atoms with Gasteiger partial charge < -0.3 is 14.9 Å². The lowest BCUT2D eigenvalue weighted by Crippen LogP contribution is -2.29. The highest BCUT2D eigenvalue weighted by Gasteiger charge is 2.46. The summed E-state index contributed by atoms with van der Waals surface area (Å²) < 4.78 is 13.4. The summed E-state index contributed by atoms with van der Waals surface area (Å²) in [6.45, 7) is 0.174. The summed E-state index contributed by atoms with van der Waals surface area (Å²) in [6.07, 6.45) is 3.23. The van der Waals surface area contributed by atoms with Crippen LogP contribution in [0.1, 0.15) is 22.7 Å². The number of hydrogen-bond acceptors (Lipinski definition) is 5. The number of carbonyl (C=O) groups is 2. The number of hydrogen-bond donors (Lipinski definition) is 1. The zero-order valence-corrected chi connectivity index (χ0v) is 17.7. The third kappa shape index (κ3) is 3.97. The zero-order valence-electron chi connectivity index (χ0n) is 17.7. The Morgan fingerprint density at radius 3 is 2.22 bits per heavy atom. The molecule has 1 aliphatic rings. The van der Waals surface area contributed by atoms with Gasteiger partial charge in [-0.2, -0.15) is 0 Å². The Hall–Kier alpha value is -4.00. The molecule has 4 rings (SSSR count). The van der Waals surface area contributed by atoms with Crippen molar-refractivity contribution in [1.82, 2.24) is 9.88 Å². The van der Waals surface area contributed by atoms with E-state index in [0.717, 1.165) is 11.3 Å². The molecule has 1 unspecified atom stereocenters. The van der Waals surface area contributed by atoms with E-state index in [1.165, 1.54) is 29.2 Å². The lowest BCUT2D eigenvalue weighted by Gasteiger charge is -2.26. The maximum atomic E-state index is 13.4. The molecule has 7 heteroatoms. The van der Waals surface area contributed by atoms with Crippen molar-refractivity contribution in [3.63, 3.8) is 0 Å². The average molecular weight is 431 g/mol. The van der Waals surface area contributed by atoms with Crippen LogP contribution in [-0.4, -0.2) is 40.8 Å². The van der Waals surface area contributed by atoms with Crippen molar-refractivity contribution in [2.45, 2.75) is 12.6 Å². The Labute approximate surface area is 185 Å². The fourth-order valence-electron chi connectivity index (χ4n) is 3.79. The minimum absolute atomic E-state index is 0.0201. The largest absolute Gasteiger partial charge is 0.507 e. The number of pyridine rings is 1. The topological polar surface area (TPSA) is 73.7 Å². The maximum absolute atomic E-state index is 13.4. The number of rotatable bonds is 5. The minimum atomic E-state index is -0.788. The fraction of sp³-hybridized carbons (Fsp3) is 0.160. The van der Waals surface area contributed by atoms with Crippen LogP contribution in [0.25, 0.3) is 5.76 Å². The quantitative estimate of drug-likeness (QED) is 0.377. The van der Waals surface area contributed by atoms with E-state index >= 15 is 0 Å². The Morgan fingerprint density at radius 2 is 1.62 bits per heavy atom. The number of amides is 1. The van der Waals surface area contributed by atoms with Gasteiger partial charge >= 0.3 is 0 Å². The SMILES string of the molecule is CN(C)c1ccc(C2/C(=C(/O)c3ccc(F)cc3)C(=O)C(=O)N2Cc2ccncc2)cc1. The zero-order chi connectivity index (χ0) is 22.8. The molecule has 0 saturated carbocycles. The number of benzene rings is 2. The first-order valence-electron chi connectivity index (χ1n) is 10.1. The van der Waals surface area contributed by atoms with E-state index < -0.39 is 23.5 Å². The van der Waals surface area contributed by atoms with Gasteiger partial charge in [0.25, 0.3) is 11.7 Å². The van der Waals surface area contributed by atoms with Gasteiger partial charge in [-0.25, -0.2) is 4.39 Å². The molecule has 1 N–H and O–H groups in total. The summed E-state index contributed by atoms with van der Waals surface area (Å²) in [5.41, 5.74) is 2.70. The molecule has 0 aliphatic carbocycles. The summed E-state index contributed by atoms with van der Waals surface area (Å²) >= 11 is 0. The van der Waals surface area contributed by atoms with Crippen LogP contribution < -0.4 is 4.90 Å². The first-order valence-corrected chi connectivity index (χ1v) is 10.1. The Bertz CT molecular complexity index is 1170. The first-order chi connectivity index (χ1) is 15.4. The molecule has 6 nitrogen and oxygen atoms in total. The molecule has 1 aromatic heterocycles. The number of aliphatic hydroxyl groups is 1. The van der Waals surface area contributed by atoms with Gasteiger partial charge in [0.2, 0.25) is 0 Å². The van der Waals surface area contributed by atoms with E-state index in [9.17, 15) is 19.1 Å². The highest BCUT2D eigenvalue weighted by atomic mass is 19.1. The van der Waals surface area contributed by atoms with Crippen molar-refractivity contribution < 1.29 is 19.1 Å². The van der Waals surface area contributed by atoms with Crippen molar-refractivity contribution in [3.8, 4) is 0 Å². The first kappa shape index (κ1) is 21.2. The lowest BCUT2D eigenvalue weighted by atomic mass is 9.95. The molecule has 32 heavy (non-hydrogen) atoms. The van der Waals surface area contributed by atoms with Crippen molar-refractivity contribution >= 4 is 23.1 Å². The van der Waals surface area contributed by atoms with Crippen LogP contribution >= 0.6 is 0 Å². The van der Waals surface area contributed by atoms with Crippen molar-refractivity contribution in [1.29, 1.82) is 0 Å². The van der Waals surface area contributed by atoms with Gasteiger partial charge in [-0.3, -0.25) is 14.6 Å². The summed E-state index contributed by atoms with van der Waals surface area (Å²) in [4.78, 5) is 33.4. The van der Waals surface area contributed by atoms with E-state index in [1.807, 2.05) is 43.3 Å². The van der Waals surface area contributed by atoms with E-state index in [1.54, 1.807) is 24.5 Å². The summed E-state index contributed by atoms with van der Waals surface area (Å²) in [7, 11) is 3.83. The third-order valence-corrected chi connectivity index (χ3v) is 5.49. The van der Waals surface area contributed by atoms with Crippen LogP contribution in [0.15, 0.2) is 78.6 Å². The van der Waals surface area contributed by atoms with Crippen molar-refractivity contribution in [2.24, 2.45) is 0 Å². The average Bonchev–Trinajstić information content (AvgIpc) is 3.05. The second-order valence-electron chi connectivity index (χ2n) is 7.78. The fourth-order valence-corrected chi connectivity index (χ4v) is 3.79. The number of aromatic nitrogens is 1. The second kappa shape index (κ2) is 8.63. The molecule has 1 fully saturated rings. The van der Waals surface area contributed by atoms with Gasteiger partial charge in [-0.15, -0.1) is 0 Å². The number of nitrogens with zero attached hydrogens (tertiary/aromatic N) is 3. The summed E-state index contributed by atoms with van der Waals surface area (Å²) in [5, 5.41) is 11.0. The Morgan fingerprint density at radius 1 is 1.00 bits per heavy atom. The molecule has 2 aromatic carbocycles. The molecular weight excluding hydrogens is 409 g/mol. The molecule has 0 radical (unpaired) electrons. The van der Waals surface area contributed by atoms with E-state index in [0.29, 0.717) is 5.56 Å². The monoisotopic (exact) mass is 431 g/mol. The third-order valence-electron chi connectivity index (χ3n) is 5.49. The lowest BCUT2D eigenvalue weighted by molar-refractivity contribution is -0.140. The maximum Gasteiger partial charge on any atom is 0.295 e. The van der Waals surface area contributed by atoms with Crippen LogP contribution in [0.4, 0.5) is 10.1 Å². The van der Waals surface area contributed by atoms with Gasteiger partial charge in [0.05, 0.1) is 11.6 Å². The van der Waals surface area contributed by atoms with Crippen molar-refractivity contribution in [2.75, 3.05) is 19.0 Å². The number of Topliss-reactive ketones (excluding diaryl/α,β-unsaturated/α-hetero) is 1. The molecule has 1 saturated heterocycles. The number of aliphatic hydroxyl groups excluding tert-OH is 1. The van der Waals surface area contributed by atoms with E-state index in [2.05, 4.69) is 4.98 Å². The van der Waals surface area contributed by atoms with Gasteiger partial charge in [-0.05, 0) is 59.7 Å². The predicted octanol–water partition coefficient (Wildman–Crippen LogP) is 3.91. The molecule has 0 spiro atoms. The molecule has 0 bridgehead atoms. The Balaban J connectivity index is 1.84. The highest BCUT2D eigenvalue weighted by molar-refractivity contribution is 6.46.